The minimum atomic E-state index is -3.02. The van der Waals surface area contributed by atoms with Gasteiger partial charge in [0.1, 0.15) is 22.8 Å². The lowest BCUT2D eigenvalue weighted by atomic mass is 10.2. The van der Waals surface area contributed by atoms with Gasteiger partial charge in [0.25, 0.3) is 0 Å². The molecule has 0 bridgehead atoms. The third-order valence-electron chi connectivity index (χ3n) is 12.9. The second-order valence-corrected chi connectivity index (χ2v) is 53.3. The van der Waals surface area contributed by atoms with Gasteiger partial charge in [-0.1, -0.05) is 282 Å². The van der Waals surface area contributed by atoms with E-state index in [2.05, 4.69) is 251 Å². The molecular formula is C49H60Si4. The van der Waals surface area contributed by atoms with Crippen molar-refractivity contribution in [2.75, 3.05) is 0 Å². The standard InChI is InChI=1S/C49H60Si4/c1-47(2,3)51(41-29-17-11-18-30-41,42-31-19-12-20-32-42)50(10,52(48(4,5)6,43-33-21-13-22-34-43)44-35-23-14-24-36-44)53(49(7,8)9,45-37-25-15-26-38-45)46-39-27-16-28-40-46/h11-40H,1-10H3. The zero-order valence-electron chi connectivity index (χ0n) is 33.8. The first kappa shape index (κ1) is 38.9. The van der Waals surface area contributed by atoms with Gasteiger partial charge in [0.2, 0.25) is 0 Å². The molecule has 0 spiro atoms. The Morgan fingerprint density at radius 3 is 0.491 bits per heavy atom. The van der Waals surface area contributed by atoms with Crippen molar-refractivity contribution in [2.24, 2.45) is 0 Å². The molecule has 0 aliphatic heterocycles. The highest BCUT2D eigenvalue weighted by Crippen LogP contribution is 2.58. The van der Waals surface area contributed by atoms with Crippen LogP contribution in [-0.4, -0.2) is 29.4 Å². The number of hydrogen-bond acceptors (Lipinski definition) is 0. The molecule has 53 heavy (non-hydrogen) atoms. The van der Waals surface area contributed by atoms with Gasteiger partial charge in [-0.25, -0.2) is 0 Å². The lowest BCUT2D eigenvalue weighted by Gasteiger charge is -2.72. The molecule has 0 nitrogen and oxygen atoms in total. The largest absolute Gasteiger partial charge is 0.112 e. The van der Waals surface area contributed by atoms with Crippen LogP contribution < -0.4 is 31.1 Å². The van der Waals surface area contributed by atoms with E-state index in [1.54, 1.807) is 31.1 Å². The Hall–Kier alpha value is -3.81. The number of benzene rings is 6. The molecular weight excluding hydrogens is 701 g/mol. The topological polar surface area (TPSA) is 0 Å². The van der Waals surface area contributed by atoms with Crippen LogP contribution in [0.5, 0.6) is 0 Å². The zero-order chi connectivity index (χ0) is 38.2. The van der Waals surface area contributed by atoms with E-state index >= 15 is 0 Å². The monoisotopic (exact) mass is 760 g/mol. The summed E-state index contributed by atoms with van der Waals surface area (Å²) in [6.07, 6.45) is 0. The lowest BCUT2D eigenvalue weighted by molar-refractivity contribution is 0.730. The van der Waals surface area contributed by atoms with Crippen LogP contribution in [0.3, 0.4) is 0 Å². The summed E-state index contributed by atoms with van der Waals surface area (Å²) >= 11 is 0. The van der Waals surface area contributed by atoms with Gasteiger partial charge in [-0.2, -0.15) is 0 Å². The van der Waals surface area contributed by atoms with Crippen LogP contribution >= 0.6 is 0 Å². The van der Waals surface area contributed by atoms with Crippen molar-refractivity contribution in [1.29, 1.82) is 0 Å². The maximum atomic E-state index is 3.03. The summed E-state index contributed by atoms with van der Waals surface area (Å²) in [6, 6.07) is 72.3. The van der Waals surface area contributed by atoms with Gasteiger partial charge >= 0.3 is 0 Å². The third kappa shape index (κ3) is 5.71. The van der Waals surface area contributed by atoms with Crippen LogP contribution in [0.15, 0.2) is 182 Å². The lowest BCUT2D eigenvalue weighted by Crippen LogP contribution is -3.05. The molecule has 0 amide bonds. The quantitative estimate of drug-likeness (QED) is 0.129. The fourth-order valence-electron chi connectivity index (χ4n) is 12.1. The zero-order valence-corrected chi connectivity index (χ0v) is 37.8. The predicted octanol–water partition coefficient (Wildman–Crippen LogP) is 9.49. The van der Waals surface area contributed by atoms with E-state index in [1.165, 1.54) is 0 Å². The molecule has 0 heterocycles. The van der Waals surface area contributed by atoms with E-state index in [1.807, 2.05) is 0 Å². The molecule has 0 aromatic heterocycles. The number of hydrogen-bond donors (Lipinski definition) is 0. The molecule has 0 fully saturated rings. The highest BCUT2D eigenvalue weighted by atomic mass is 29.9. The summed E-state index contributed by atoms with van der Waals surface area (Å²) in [5, 5.41) is 9.37. The summed E-state index contributed by atoms with van der Waals surface area (Å²) < 4.78 is 0. The molecule has 0 saturated heterocycles. The summed E-state index contributed by atoms with van der Waals surface area (Å²) in [4.78, 5) is 0. The highest BCUT2D eigenvalue weighted by Gasteiger charge is 2.81. The molecule has 6 aromatic rings. The molecule has 0 aliphatic rings. The van der Waals surface area contributed by atoms with Crippen molar-refractivity contribution >= 4 is 60.5 Å². The van der Waals surface area contributed by atoms with E-state index in [0.29, 0.717) is 0 Å². The molecule has 4 heteroatoms. The fraction of sp³-hybridized carbons (Fsp3) is 0.265. The van der Waals surface area contributed by atoms with Crippen LogP contribution in [0, 0.1) is 0 Å². The van der Waals surface area contributed by atoms with E-state index < -0.39 is 29.4 Å². The highest BCUT2D eigenvalue weighted by molar-refractivity contribution is 7.99. The Morgan fingerprint density at radius 1 is 0.245 bits per heavy atom. The first-order valence-corrected chi connectivity index (χ1v) is 31.0. The van der Waals surface area contributed by atoms with Gasteiger partial charge < -0.3 is 0 Å². The minimum Gasteiger partial charge on any atom is -0.0728 e. The molecule has 0 atom stereocenters. The second kappa shape index (κ2) is 14.4. The SMILES string of the molecule is CC(C)(C)[Si](c1ccccc1)(c1ccccc1)[Si](C)([Si](c1ccccc1)(c1ccccc1)C(C)(C)C)[Si](c1ccccc1)(c1ccccc1)C(C)(C)C. The molecule has 6 aromatic carbocycles. The van der Waals surface area contributed by atoms with E-state index in [4.69, 9.17) is 0 Å². The smallest absolute Gasteiger partial charge is 0.0728 e. The van der Waals surface area contributed by atoms with Crippen LogP contribution in [0.25, 0.3) is 0 Å². The molecule has 6 rings (SSSR count). The Balaban J connectivity index is 2.13. The van der Waals surface area contributed by atoms with Gasteiger partial charge in [0, 0.05) is 0 Å². The van der Waals surface area contributed by atoms with E-state index in [0.717, 1.165) is 0 Å². The van der Waals surface area contributed by atoms with Gasteiger partial charge in [-0.3, -0.25) is 0 Å². The first-order chi connectivity index (χ1) is 25.1. The van der Waals surface area contributed by atoms with Gasteiger partial charge in [-0.05, 0) is 15.1 Å². The van der Waals surface area contributed by atoms with E-state index in [9.17, 15) is 0 Å². The average Bonchev–Trinajstić information content (AvgIpc) is 3.13. The number of rotatable bonds is 9. The van der Waals surface area contributed by atoms with E-state index in [-0.39, 0.29) is 15.1 Å². The molecule has 0 unspecified atom stereocenters. The van der Waals surface area contributed by atoms with Crippen LogP contribution in [0.1, 0.15) is 62.3 Å². The average molecular weight is 761 g/mol. The normalized spacial score (nSPS) is 13.5. The third-order valence-corrected chi connectivity index (χ3v) is 77.0. The van der Waals surface area contributed by atoms with Crippen molar-refractivity contribution in [2.45, 2.75) is 84.0 Å². The maximum Gasteiger partial charge on any atom is 0.112 e. The van der Waals surface area contributed by atoms with Crippen LogP contribution in [-0.2, 0) is 0 Å². The summed E-state index contributed by atoms with van der Waals surface area (Å²) in [7, 11) is -8.89. The first-order valence-electron chi connectivity index (χ1n) is 19.5. The molecule has 0 saturated carbocycles. The predicted molar refractivity (Wildman–Crippen MR) is 244 cm³/mol. The summed E-state index contributed by atoms with van der Waals surface area (Å²) in [5.74, 6) is 0. The van der Waals surface area contributed by atoms with Crippen molar-refractivity contribution in [3.05, 3.63) is 182 Å². The Labute approximate surface area is 324 Å². The van der Waals surface area contributed by atoms with Crippen LogP contribution in [0.2, 0.25) is 21.7 Å². The van der Waals surface area contributed by atoms with Crippen molar-refractivity contribution < 1.29 is 0 Å². The van der Waals surface area contributed by atoms with Gasteiger partial charge in [0.05, 0.1) is 6.63 Å². The maximum absolute atomic E-state index is 3.03. The fourth-order valence-corrected chi connectivity index (χ4v) is 115. The van der Waals surface area contributed by atoms with Crippen molar-refractivity contribution in [3.8, 4) is 0 Å². The second-order valence-electron chi connectivity index (χ2n) is 18.3. The molecule has 272 valence electrons. The molecule has 0 radical (unpaired) electrons. The Morgan fingerprint density at radius 2 is 0.377 bits per heavy atom. The van der Waals surface area contributed by atoms with Gasteiger partial charge in [0.15, 0.2) is 0 Å². The van der Waals surface area contributed by atoms with Gasteiger partial charge in [-0.15, -0.1) is 0 Å². The molecule has 0 N–H and O–H groups in total. The summed E-state index contributed by atoms with van der Waals surface area (Å²) in [6.45, 7) is 23.8. The summed E-state index contributed by atoms with van der Waals surface area (Å²) in [5.41, 5.74) is 0. The molecule has 0 aliphatic carbocycles. The minimum absolute atomic E-state index is 0.0587. The van der Waals surface area contributed by atoms with Crippen molar-refractivity contribution in [1.82, 2.24) is 0 Å². The Kier molecular flexibility index (Phi) is 10.6. The Bertz CT molecular complexity index is 1700. The van der Waals surface area contributed by atoms with Crippen LogP contribution in [0.4, 0.5) is 0 Å². The van der Waals surface area contributed by atoms with Crippen molar-refractivity contribution in [3.63, 3.8) is 0 Å².